The highest BCUT2D eigenvalue weighted by Gasteiger charge is 2.26. The Bertz CT molecular complexity index is 367. The van der Waals surface area contributed by atoms with Gasteiger partial charge < -0.3 is 5.11 Å². The third-order valence-electron chi connectivity index (χ3n) is 2.15. The molecule has 1 aromatic rings. The maximum absolute atomic E-state index is 10.7. The molecule has 1 aromatic heterocycles. The minimum absolute atomic E-state index is 0.0585. The van der Waals surface area contributed by atoms with Crippen LogP contribution in [-0.4, -0.2) is 25.8 Å². The molecule has 0 bridgehead atoms. The minimum atomic E-state index is -1.39. The van der Waals surface area contributed by atoms with Crippen LogP contribution in [0.5, 0.6) is 0 Å². The van der Waals surface area contributed by atoms with Gasteiger partial charge in [-0.15, -0.1) is 0 Å². The molecule has 0 aliphatic rings. The van der Waals surface area contributed by atoms with Gasteiger partial charge >= 0.3 is 11.7 Å². The number of hydrogen-bond acceptors (Lipinski definition) is 4. The summed E-state index contributed by atoms with van der Waals surface area (Å²) in [5.41, 5.74) is -0.983. The summed E-state index contributed by atoms with van der Waals surface area (Å²) in [6.07, 6.45) is 1.87. The standard InChI is InChI=1S/C8H11N3O4/c1-3-5(2)10-4-6(11(14)15)7(9-10)8(12)13/h4-5H,3H2,1-2H3,(H,12,13). The lowest BCUT2D eigenvalue weighted by atomic mass is 10.3. The number of rotatable bonds is 4. The lowest BCUT2D eigenvalue weighted by Crippen LogP contribution is -2.06. The molecule has 0 aliphatic heterocycles. The average molecular weight is 213 g/mol. The molecule has 1 heterocycles. The van der Waals surface area contributed by atoms with Gasteiger partial charge in [-0.3, -0.25) is 14.8 Å². The van der Waals surface area contributed by atoms with Crippen molar-refractivity contribution in [2.75, 3.05) is 0 Å². The van der Waals surface area contributed by atoms with Gasteiger partial charge in [0, 0.05) is 6.04 Å². The second-order valence-electron chi connectivity index (χ2n) is 3.16. The lowest BCUT2D eigenvalue weighted by Gasteiger charge is -2.06. The van der Waals surface area contributed by atoms with Crippen molar-refractivity contribution >= 4 is 11.7 Å². The van der Waals surface area contributed by atoms with Gasteiger partial charge in [-0.05, 0) is 13.3 Å². The zero-order valence-corrected chi connectivity index (χ0v) is 8.38. The molecule has 0 radical (unpaired) electrons. The smallest absolute Gasteiger partial charge is 0.363 e. The molecule has 0 aromatic carbocycles. The van der Waals surface area contributed by atoms with Crippen LogP contribution in [0.25, 0.3) is 0 Å². The number of carboxylic acids is 1. The van der Waals surface area contributed by atoms with Gasteiger partial charge in [0.15, 0.2) is 0 Å². The molecule has 1 atom stereocenters. The number of aromatic carboxylic acids is 1. The van der Waals surface area contributed by atoms with Gasteiger partial charge in [-0.1, -0.05) is 6.92 Å². The van der Waals surface area contributed by atoms with Crippen LogP contribution in [0.3, 0.4) is 0 Å². The average Bonchev–Trinajstić information content (AvgIpc) is 2.61. The second-order valence-corrected chi connectivity index (χ2v) is 3.16. The summed E-state index contributed by atoms with van der Waals surface area (Å²) in [5.74, 6) is -1.39. The number of carbonyl (C=O) groups is 1. The van der Waals surface area contributed by atoms with Crippen molar-refractivity contribution in [1.82, 2.24) is 9.78 Å². The number of aromatic nitrogens is 2. The van der Waals surface area contributed by atoms with Gasteiger partial charge in [-0.25, -0.2) is 4.79 Å². The third kappa shape index (κ3) is 2.12. The largest absolute Gasteiger partial charge is 0.476 e. The Labute approximate surface area is 85.5 Å². The first kappa shape index (κ1) is 11.2. The first-order chi connectivity index (χ1) is 6.97. The van der Waals surface area contributed by atoms with Crippen molar-refractivity contribution in [3.63, 3.8) is 0 Å². The molecule has 0 aliphatic carbocycles. The first-order valence-corrected chi connectivity index (χ1v) is 4.44. The Hall–Kier alpha value is -1.92. The number of hydrogen-bond donors (Lipinski definition) is 1. The molecule has 15 heavy (non-hydrogen) atoms. The quantitative estimate of drug-likeness (QED) is 0.603. The Morgan fingerprint density at radius 1 is 1.80 bits per heavy atom. The maximum Gasteiger partial charge on any atom is 0.363 e. The van der Waals surface area contributed by atoms with Crippen LogP contribution in [0.4, 0.5) is 5.69 Å². The van der Waals surface area contributed by atoms with E-state index in [9.17, 15) is 14.9 Å². The summed E-state index contributed by atoms with van der Waals surface area (Å²) in [7, 11) is 0. The van der Waals surface area contributed by atoms with Crippen LogP contribution in [0, 0.1) is 10.1 Å². The Morgan fingerprint density at radius 3 is 2.73 bits per heavy atom. The molecular formula is C8H11N3O4. The van der Waals surface area contributed by atoms with E-state index >= 15 is 0 Å². The van der Waals surface area contributed by atoms with Crippen LogP contribution in [0.1, 0.15) is 36.8 Å². The molecule has 7 nitrogen and oxygen atoms in total. The molecule has 1 rings (SSSR count). The van der Waals surface area contributed by atoms with Crippen molar-refractivity contribution in [2.24, 2.45) is 0 Å². The van der Waals surface area contributed by atoms with E-state index in [1.807, 2.05) is 13.8 Å². The van der Waals surface area contributed by atoms with Gasteiger partial charge in [0.2, 0.25) is 5.69 Å². The van der Waals surface area contributed by atoms with Crippen molar-refractivity contribution in [3.8, 4) is 0 Å². The van der Waals surface area contributed by atoms with E-state index in [1.54, 1.807) is 0 Å². The fraction of sp³-hybridized carbons (Fsp3) is 0.500. The molecule has 0 spiro atoms. The van der Waals surface area contributed by atoms with Gasteiger partial charge in [0.1, 0.15) is 6.20 Å². The highest BCUT2D eigenvalue weighted by molar-refractivity contribution is 5.89. The van der Waals surface area contributed by atoms with E-state index in [1.165, 1.54) is 4.68 Å². The molecule has 1 N–H and O–H groups in total. The molecule has 7 heteroatoms. The van der Waals surface area contributed by atoms with Crippen LogP contribution in [-0.2, 0) is 0 Å². The molecule has 0 amide bonds. The highest BCUT2D eigenvalue weighted by atomic mass is 16.6. The summed E-state index contributed by atoms with van der Waals surface area (Å²) in [5, 5.41) is 22.9. The van der Waals surface area contributed by atoms with Crippen LogP contribution in [0.2, 0.25) is 0 Å². The van der Waals surface area contributed by atoms with E-state index < -0.39 is 22.3 Å². The highest BCUT2D eigenvalue weighted by Crippen LogP contribution is 2.20. The van der Waals surface area contributed by atoms with E-state index in [-0.39, 0.29) is 6.04 Å². The molecule has 1 unspecified atom stereocenters. The monoisotopic (exact) mass is 213 g/mol. The van der Waals surface area contributed by atoms with Crippen molar-refractivity contribution < 1.29 is 14.8 Å². The zero-order valence-electron chi connectivity index (χ0n) is 8.38. The van der Waals surface area contributed by atoms with Crippen LogP contribution >= 0.6 is 0 Å². The fourth-order valence-electron chi connectivity index (χ4n) is 1.08. The Kier molecular flexibility index (Phi) is 3.03. The summed E-state index contributed by atoms with van der Waals surface area (Å²) in [6, 6.07) is -0.0585. The summed E-state index contributed by atoms with van der Waals surface area (Å²) >= 11 is 0. The maximum atomic E-state index is 10.7. The van der Waals surface area contributed by atoms with Gasteiger partial charge in [0.25, 0.3) is 0 Å². The fourth-order valence-corrected chi connectivity index (χ4v) is 1.08. The molecule has 82 valence electrons. The van der Waals surface area contributed by atoms with E-state index in [2.05, 4.69) is 5.10 Å². The third-order valence-corrected chi connectivity index (χ3v) is 2.15. The zero-order chi connectivity index (χ0) is 11.6. The summed E-state index contributed by atoms with van der Waals surface area (Å²) in [6.45, 7) is 3.70. The SMILES string of the molecule is CCC(C)n1cc([N+](=O)[O-])c(C(=O)O)n1. The summed E-state index contributed by atoms with van der Waals surface area (Å²) < 4.78 is 1.31. The number of nitro groups is 1. The topological polar surface area (TPSA) is 98.3 Å². The molecule has 0 fully saturated rings. The predicted molar refractivity (Wildman–Crippen MR) is 50.8 cm³/mol. The van der Waals surface area contributed by atoms with Crippen molar-refractivity contribution in [2.45, 2.75) is 26.3 Å². The van der Waals surface area contributed by atoms with Crippen LogP contribution < -0.4 is 0 Å². The molecular weight excluding hydrogens is 202 g/mol. The van der Waals surface area contributed by atoms with Crippen molar-refractivity contribution in [3.05, 3.63) is 22.0 Å². The van der Waals surface area contributed by atoms with E-state index in [0.29, 0.717) is 0 Å². The van der Waals surface area contributed by atoms with Crippen molar-refractivity contribution in [1.29, 1.82) is 0 Å². The Morgan fingerprint density at radius 2 is 2.40 bits per heavy atom. The molecule has 0 saturated heterocycles. The van der Waals surface area contributed by atoms with Gasteiger partial charge in [0.05, 0.1) is 4.92 Å². The summed E-state index contributed by atoms with van der Waals surface area (Å²) in [4.78, 5) is 20.5. The van der Waals surface area contributed by atoms with E-state index in [0.717, 1.165) is 12.6 Å². The normalized spacial score (nSPS) is 12.4. The number of carboxylic acid groups (broad SMARTS) is 1. The molecule has 0 saturated carbocycles. The van der Waals surface area contributed by atoms with Crippen LogP contribution in [0.15, 0.2) is 6.20 Å². The Balaban J connectivity index is 3.21. The number of nitrogens with zero attached hydrogens (tertiary/aromatic N) is 3. The minimum Gasteiger partial charge on any atom is -0.476 e. The lowest BCUT2D eigenvalue weighted by molar-refractivity contribution is -0.385. The second kappa shape index (κ2) is 4.07. The van der Waals surface area contributed by atoms with Gasteiger partial charge in [-0.2, -0.15) is 5.10 Å². The first-order valence-electron chi connectivity index (χ1n) is 4.44. The van der Waals surface area contributed by atoms with E-state index in [4.69, 9.17) is 5.11 Å². The predicted octanol–water partition coefficient (Wildman–Crippen LogP) is 1.46.